The van der Waals surface area contributed by atoms with Crippen molar-refractivity contribution in [2.45, 2.75) is 19.9 Å². The zero-order valence-corrected chi connectivity index (χ0v) is 12.4. The Bertz CT molecular complexity index is 866. The van der Waals surface area contributed by atoms with Gasteiger partial charge in [-0.25, -0.2) is 4.98 Å². The van der Waals surface area contributed by atoms with E-state index in [0.717, 1.165) is 18.5 Å². The molecule has 3 aromatic rings. The van der Waals surface area contributed by atoms with E-state index in [0.29, 0.717) is 23.6 Å². The maximum Gasteiger partial charge on any atom is 0.254 e. The van der Waals surface area contributed by atoms with E-state index in [2.05, 4.69) is 23.2 Å². The van der Waals surface area contributed by atoms with Crippen molar-refractivity contribution in [1.82, 2.24) is 9.88 Å². The van der Waals surface area contributed by atoms with E-state index in [4.69, 9.17) is 4.42 Å². The number of fused-ring (bicyclic) bond motifs is 2. The summed E-state index contributed by atoms with van der Waals surface area (Å²) in [5, 5.41) is 0. The van der Waals surface area contributed by atoms with Crippen molar-refractivity contribution in [1.29, 1.82) is 0 Å². The van der Waals surface area contributed by atoms with Crippen LogP contribution >= 0.6 is 0 Å². The van der Waals surface area contributed by atoms with Gasteiger partial charge in [0.1, 0.15) is 5.52 Å². The van der Waals surface area contributed by atoms with Crippen LogP contribution in [0.3, 0.4) is 0 Å². The quantitative estimate of drug-likeness (QED) is 0.691. The second-order valence-electron chi connectivity index (χ2n) is 5.66. The summed E-state index contributed by atoms with van der Waals surface area (Å²) in [6, 6.07) is 13.8. The lowest BCUT2D eigenvalue weighted by Crippen LogP contribution is -2.35. The van der Waals surface area contributed by atoms with Crippen molar-refractivity contribution < 1.29 is 9.21 Å². The average Bonchev–Trinajstić information content (AvgIpc) is 2.92. The Hall–Kier alpha value is -2.62. The van der Waals surface area contributed by atoms with Crippen molar-refractivity contribution in [3.8, 4) is 0 Å². The van der Waals surface area contributed by atoms with Gasteiger partial charge in [0.15, 0.2) is 11.5 Å². The van der Waals surface area contributed by atoms with Crippen LogP contribution in [0.4, 0.5) is 0 Å². The maximum atomic E-state index is 12.7. The molecule has 4 heteroatoms. The molecular weight excluding hydrogens is 276 g/mol. The van der Waals surface area contributed by atoms with Crippen LogP contribution in [0.5, 0.6) is 0 Å². The van der Waals surface area contributed by atoms with Crippen molar-refractivity contribution in [3.05, 3.63) is 65.0 Å². The maximum absolute atomic E-state index is 12.7. The Labute approximate surface area is 128 Å². The first-order valence-electron chi connectivity index (χ1n) is 7.44. The Morgan fingerprint density at radius 2 is 2.00 bits per heavy atom. The van der Waals surface area contributed by atoms with E-state index in [1.807, 2.05) is 30.0 Å². The molecule has 1 aliphatic rings. The molecule has 0 saturated heterocycles. The van der Waals surface area contributed by atoms with Crippen LogP contribution in [0.15, 0.2) is 46.9 Å². The third kappa shape index (κ3) is 2.17. The van der Waals surface area contributed by atoms with Gasteiger partial charge in [0.05, 0.1) is 0 Å². The van der Waals surface area contributed by atoms with Crippen LogP contribution in [0.25, 0.3) is 11.1 Å². The number of carbonyl (C=O) groups excluding carboxylic acids is 1. The fourth-order valence-corrected chi connectivity index (χ4v) is 3.02. The van der Waals surface area contributed by atoms with E-state index in [1.165, 1.54) is 11.1 Å². The minimum atomic E-state index is 0.0467. The molecule has 0 saturated carbocycles. The third-order valence-electron chi connectivity index (χ3n) is 4.16. The van der Waals surface area contributed by atoms with E-state index >= 15 is 0 Å². The lowest BCUT2D eigenvalue weighted by molar-refractivity contribution is 0.0734. The number of oxazole rings is 1. The first-order valence-corrected chi connectivity index (χ1v) is 7.44. The van der Waals surface area contributed by atoms with E-state index < -0.39 is 0 Å². The molecule has 1 aromatic heterocycles. The monoisotopic (exact) mass is 292 g/mol. The zero-order valence-electron chi connectivity index (χ0n) is 12.4. The Morgan fingerprint density at radius 1 is 1.18 bits per heavy atom. The van der Waals surface area contributed by atoms with E-state index in [9.17, 15) is 4.79 Å². The highest BCUT2D eigenvalue weighted by atomic mass is 16.3. The molecule has 2 aromatic carbocycles. The molecule has 0 atom stereocenters. The summed E-state index contributed by atoms with van der Waals surface area (Å²) in [5.41, 5.74) is 4.69. The Kier molecular flexibility index (Phi) is 2.96. The predicted molar refractivity (Wildman–Crippen MR) is 83.6 cm³/mol. The van der Waals surface area contributed by atoms with Gasteiger partial charge in [0.2, 0.25) is 0 Å². The summed E-state index contributed by atoms with van der Waals surface area (Å²) in [5.74, 6) is 0.664. The lowest BCUT2D eigenvalue weighted by atomic mass is 9.99. The molecule has 110 valence electrons. The lowest BCUT2D eigenvalue weighted by Gasteiger charge is -2.28. The number of amides is 1. The highest BCUT2D eigenvalue weighted by molar-refractivity contribution is 5.97. The molecular formula is C18H16N2O2. The third-order valence-corrected chi connectivity index (χ3v) is 4.16. The van der Waals surface area contributed by atoms with Gasteiger partial charge in [-0.2, -0.15) is 0 Å². The van der Waals surface area contributed by atoms with Crippen molar-refractivity contribution in [2.24, 2.45) is 0 Å². The second-order valence-corrected chi connectivity index (χ2v) is 5.66. The van der Waals surface area contributed by atoms with Gasteiger partial charge in [-0.05, 0) is 35.7 Å². The van der Waals surface area contributed by atoms with Crippen LogP contribution in [-0.4, -0.2) is 22.3 Å². The number of benzene rings is 2. The molecule has 0 fully saturated rings. The minimum absolute atomic E-state index is 0.0467. The van der Waals surface area contributed by atoms with Crippen molar-refractivity contribution >= 4 is 17.0 Å². The number of carbonyl (C=O) groups is 1. The Balaban J connectivity index is 1.63. The molecule has 2 heterocycles. The number of hydrogen-bond acceptors (Lipinski definition) is 3. The standard InChI is InChI=1S/C18H16N2O2/c1-12-19-16-7-6-14(10-17(16)22-12)18(21)20-9-8-13-4-2-3-5-15(13)11-20/h2-7,10H,8-9,11H2,1H3. The van der Waals surface area contributed by atoms with E-state index in [1.54, 1.807) is 6.07 Å². The molecule has 0 unspecified atom stereocenters. The SMILES string of the molecule is Cc1nc2ccc(C(=O)N3CCc4ccccc4C3)cc2o1. The molecule has 0 radical (unpaired) electrons. The number of aryl methyl sites for hydroxylation is 1. The molecule has 0 spiro atoms. The summed E-state index contributed by atoms with van der Waals surface area (Å²) < 4.78 is 5.52. The van der Waals surface area contributed by atoms with Crippen LogP contribution < -0.4 is 0 Å². The summed E-state index contributed by atoms with van der Waals surface area (Å²) in [6.07, 6.45) is 0.908. The summed E-state index contributed by atoms with van der Waals surface area (Å²) in [6.45, 7) is 3.23. The highest BCUT2D eigenvalue weighted by Crippen LogP contribution is 2.22. The van der Waals surface area contributed by atoms with Crippen molar-refractivity contribution in [3.63, 3.8) is 0 Å². The molecule has 22 heavy (non-hydrogen) atoms. The largest absolute Gasteiger partial charge is 0.441 e. The molecule has 1 aliphatic heterocycles. The first-order chi connectivity index (χ1) is 10.7. The highest BCUT2D eigenvalue weighted by Gasteiger charge is 2.22. The van der Waals surface area contributed by atoms with Gasteiger partial charge >= 0.3 is 0 Å². The van der Waals surface area contributed by atoms with Gasteiger partial charge in [-0.15, -0.1) is 0 Å². The second kappa shape index (κ2) is 4.98. The Morgan fingerprint density at radius 3 is 2.86 bits per heavy atom. The smallest absolute Gasteiger partial charge is 0.254 e. The van der Waals surface area contributed by atoms with Crippen LogP contribution in [0.2, 0.25) is 0 Å². The number of hydrogen-bond donors (Lipinski definition) is 0. The molecule has 0 N–H and O–H groups in total. The molecule has 1 amide bonds. The van der Waals surface area contributed by atoms with Crippen molar-refractivity contribution in [2.75, 3.05) is 6.54 Å². The molecule has 4 nitrogen and oxygen atoms in total. The van der Waals surface area contributed by atoms with Gasteiger partial charge < -0.3 is 9.32 Å². The van der Waals surface area contributed by atoms with Gasteiger partial charge in [0, 0.05) is 25.6 Å². The zero-order chi connectivity index (χ0) is 15.1. The summed E-state index contributed by atoms with van der Waals surface area (Å²) in [7, 11) is 0. The first kappa shape index (κ1) is 13.1. The predicted octanol–water partition coefficient (Wildman–Crippen LogP) is 3.33. The summed E-state index contributed by atoms with van der Waals surface area (Å²) in [4.78, 5) is 18.9. The fraction of sp³-hybridized carbons (Fsp3) is 0.222. The van der Waals surface area contributed by atoms with E-state index in [-0.39, 0.29) is 5.91 Å². The fourth-order valence-electron chi connectivity index (χ4n) is 3.02. The van der Waals surface area contributed by atoms with Gasteiger partial charge in [-0.1, -0.05) is 24.3 Å². The van der Waals surface area contributed by atoms with Crippen LogP contribution in [0, 0.1) is 6.92 Å². The summed E-state index contributed by atoms with van der Waals surface area (Å²) >= 11 is 0. The average molecular weight is 292 g/mol. The number of nitrogens with zero attached hydrogens (tertiary/aromatic N) is 2. The van der Waals surface area contributed by atoms with Crippen LogP contribution in [-0.2, 0) is 13.0 Å². The van der Waals surface area contributed by atoms with Gasteiger partial charge in [-0.3, -0.25) is 4.79 Å². The number of rotatable bonds is 1. The molecule has 4 rings (SSSR count). The number of aromatic nitrogens is 1. The van der Waals surface area contributed by atoms with Gasteiger partial charge in [0.25, 0.3) is 5.91 Å². The molecule has 0 bridgehead atoms. The topological polar surface area (TPSA) is 46.3 Å². The molecule has 0 aliphatic carbocycles. The minimum Gasteiger partial charge on any atom is -0.441 e. The normalized spacial score (nSPS) is 14.1. The van der Waals surface area contributed by atoms with Crippen LogP contribution in [0.1, 0.15) is 27.4 Å².